The number of rotatable bonds is 3. The lowest BCUT2D eigenvalue weighted by Gasteiger charge is -2.37. The summed E-state index contributed by atoms with van der Waals surface area (Å²) in [4.78, 5) is 21.2. The van der Waals surface area contributed by atoms with Crippen molar-refractivity contribution in [2.75, 3.05) is 39.8 Å². The fraction of sp³-hybridized carbons (Fsp3) is 0.600. The van der Waals surface area contributed by atoms with E-state index < -0.39 is 0 Å². The van der Waals surface area contributed by atoms with E-state index in [0.717, 1.165) is 55.9 Å². The van der Waals surface area contributed by atoms with E-state index in [-0.39, 0.29) is 36.0 Å². The number of carbonyl (C=O) groups excluding carboxylic acids is 1. The van der Waals surface area contributed by atoms with Gasteiger partial charge in [-0.2, -0.15) is 0 Å². The lowest BCUT2D eigenvalue weighted by molar-refractivity contribution is -0.142. The molecule has 2 aliphatic heterocycles. The van der Waals surface area contributed by atoms with Crippen LogP contribution in [0.3, 0.4) is 0 Å². The Morgan fingerprint density at radius 2 is 1.86 bits per heavy atom. The zero-order valence-corrected chi connectivity index (χ0v) is 20.1. The first-order valence-electron chi connectivity index (χ1n) is 9.80. The molecule has 154 valence electrons. The topological polar surface area (TPSA) is 57.2 Å². The molecule has 1 aromatic carbocycles. The van der Waals surface area contributed by atoms with Gasteiger partial charge in [0.15, 0.2) is 5.96 Å². The van der Waals surface area contributed by atoms with Gasteiger partial charge in [0.25, 0.3) is 5.91 Å². The van der Waals surface area contributed by atoms with Gasteiger partial charge in [0, 0.05) is 56.3 Å². The molecule has 3 unspecified atom stereocenters. The largest absolute Gasteiger partial charge is 0.368 e. The molecular formula is C20H28BrIN4O2. The minimum absolute atomic E-state index is 0. The van der Waals surface area contributed by atoms with Gasteiger partial charge in [0.2, 0.25) is 0 Å². The number of aliphatic imine (C=N–C) groups is 1. The first kappa shape index (κ1) is 21.8. The minimum atomic E-state index is -0.216. The highest BCUT2D eigenvalue weighted by Gasteiger charge is 2.40. The number of ether oxygens (including phenoxy) is 1. The van der Waals surface area contributed by atoms with Crippen LogP contribution in [0, 0.1) is 0 Å². The van der Waals surface area contributed by atoms with Crippen LogP contribution in [-0.4, -0.2) is 73.6 Å². The molecule has 1 saturated carbocycles. The molecule has 1 aromatic rings. The number of benzene rings is 1. The van der Waals surface area contributed by atoms with Crippen LogP contribution in [0.1, 0.15) is 30.7 Å². The number of nitrogens with one attached hydrogen (secondary N) is 1. The van der Waals surface area contributed by atoms with Gasteiger partial charge >= 0.3 is 0 Å². The van der Waals surface area contributed by atoms with Crippen molar-refractivity contribution in [2.45, 2.75) is 37.3 Å². The number of nitrogens with zero attached hydrogens (tertiary/aromatic N) is 3. The van der Waals surface area contributed by atoms with Crippen LogP contribution in [0.25, 0.3) is 0 Å². The van der Waals surface area contributed by atoms with Crippen molar-refractivity contribution in [1.82, 2.24) is 15.1 Å². The van der Waals surface area contributed by atoms with Gasteiger partial charge in [-0.25, -0.2) is 0 Å². The Kier molecular flexibility index (Phi) is 7.60. The van der Waals surface area contributed by atoms with E-state index in [1.54, 1.807) is 0 Å². The maximum Gasteiger partial charge on any atom is 0.251 e. The van der Waals surface area contributed by atoms with Crippen molar-refractivity contribution < 1.29 is 9.53 Å². The van der Waals surface area contributed by atoms with Crippen molar-refractivity contribution in [1.29, 1.82) is 0 Å². The highest BCUT2D eigenvalue weighted by molar-refractivity contribution is 14.0. The van der Waals surface area contributed by atoms with Gasteiger partial charge in [-0.3, -0.25) is 9.79 Å². The van der Waals surface area contributed by atoms with Crippen LogP contribution in [0.2, 0.25) is 0 Å². The van der Waals surface area contributed by atoms with E-state index in [1.807, 2.05) is 11.9 Å². The number of amides is 1. The average molecular weight is 563 g/mol. The van der Waals surface area contributed by atoms with E-state index in [2.05, 4.69) is 55.4 Å². The summed E-state index contributed by atoms with van der Waals surface area (Å²) in [5.74, 6) is 1.66. The maximum atomic E-state index is 12.5. The number of guanidine groups is 1. The fourth-order valence-electron chi connectivity index (χ4n) is 4.01. The molecule has 8 heteroatoms. The van der Waals surface area contributed by atoms with Gasteiger partial charge < -0.3 is 19.9 Å². The van der Waals surface area contributed by atoms with Crippen molar-refractivity contribution >= 4 is 51.8 Å². The standard InChI is InChI=1S/C20H27BrN4O2.HI/c1-22-20(23-17-13-16(17)14-4-6-15(21)7-5-14)25-10-8-24(9-11-25)19(26)18-3-2-12-27-18;/h4-7,16-18H,2-3,8-13H2,1H3,(H,22,23);1H. The summed E-state index contributed by atoms with van der Waals surface area (Å²) in [6, 6.07) is 9.02. The molecule has 6 nitrogen and oxygen atoms in total. The summed E-state index contributed by atoms with van der Waals surface area (Å²) in [6.07, 6.45) is 2.78. The van der Waals surface area contributed by atoms with E-state index >= 15 is 0 Å². The summed E-state index contributed by atoms with van der Waals surface area (Å²) < 4.78 is 6.66. The molecule has 3 aliphatic rings. The second-order valence-corrected chi connectivity index (χ2v) is 8.42. The molecule has 2 heterocycles. The van der Waals surface area contributed by atoms with Crippen LogP contribution < -0.4 is 5.32 Å². The quantitative estimate of drug-likeness (QED) is 0.350. The summed E-state index contributed by atoms with van der Waals surface area (Å²) >= 11 is 3.49. The Bertz CT molecular complexity index is 701. The molecule has 28 heavy (non-hydrogen) atoms. The number of carbonyl (C=O) groups is 1. The number of hydrogen-bond acceptors (Lipinski definition) is 3. The van der Waals surface area contributed by atoms with Gasteiger partial charge in [0.05, 0.1) is 0 Å². The third-order valence-electron chi connectivity index (χ3n) is 5.71. The molecule has 0 radical (unpaired) electrons. The summed E-state index contributed by atoms with van der Waals surface area (Å²) in [6.45, 7) is 3.82. The summed E-state index contributed by atoms with van der Waals surface area (Å²) in [5.41, 5.74) is 1.37. The van der Waals surface area contributed by atoms with Crippen LogP contribution in [0.4, 0.5) is 0 Å². The lowest BCUT2D eigenvalue weighted by Crippen LogP contribution is -2.55. The Hall–Kier alpha value is -0.870. The van der Waals surface area contributed by atoms with Crippen molar-refractivity contribution in [3.63, 3.8) is 0 Å². The van der Waals surface area contributed by atoms with Gasteiger partial charge in [-0.15, -0.1) is 24.0 Å². The Balaban J connectivity index is 0.00000225. The van der Waals surface area contributed by atoms with Gasteiger partial charge in [-0.1, -0.05) is 28.1 Å². The SMILES string of the molecule is CN=C(NC1CC1c1ccc(Br)cc1)N1CCN(C(=O)C2CCCO2)CC1.I. The minimum Gasteiger partial charge on any atom is -0.368 e. The fourth-order valence-corrected chi connectivity index (χ4v) is 4.27. The Morgan fingerprint density at radius 3 is 2.46 bits per heavy atom. The number of hydrogen-bond donors (Lipinski definition) is 1. The van der Waals surface area contributed by atoms with Crippen LogP contribution in [0.15, 0.2) is 33.7 Å². The number of halogens is 2. The summed E-state index contributed by atoms with van der Waals surface area (Å²) in [7, 11) is 1.84. The van der Waals surface area contributed by atoms with Crippen LogP contribution in [0.5, 0.6) is 0 Å². The predicted octanol–water partition coefficient (Wildman–Crippen LogP) is 2.82. The van der Waals surface area contributed by atoms with Crippen LogP contribution in [-0.2, 0) is 9.53 Å². The van der Waals surface area contributed by atoms with Crippen molar-refractivity contribution in [2.24, 2.45) is 4.99 Å². The van der Waals surface area contributed by atoms with Crippen LogP contribution >= 0.6 is 39.9 Å². The van der Waals surface area contributed by atoms with Gasteiger partial charge in [-0.05, 0) is 37.0 Å². The molecule has 0 aromatic heterocycles. The van der Waals surface area contributed by atoms with Gasteiger partial charge in [0.1, 0.15) is 6.10 Å². The van der Waals surface area contributed by atoms with Crippen molar-refractivity contribution in [3.8, 4) is 0 Å². The zero-order chi connectivity index (χ0) is 18.8. The Morgan fingerprint density at radius 1 is 1.18 bits per heavy atom. The third kappa shape index (κ3) is 4.99. The molecule has 2 saturated heterocycles. The van der Waals surface area contributed by atoms with Crippen molar-refractivity contribution in [3.05, 3.63) is 34.3 Å². The molecule has 0 bridgehead atoms. The molecule has 4 rings (SSSR count). The molecule has 1 aliphatic carbocycles. The number of piperazine rings is 1. The van der Waals surface area contributed by atoms with E-state index in [4.69, 9.17) is 4.74 Å². The molecular weight excluding hydrogens is 535 g/mol. The lowest BCUT2D eigenvalue weighted by atomic mass is 10.1. The zero-order valence-electron chi connectivity index (χ0n) is 16.1. The molecule has 3 fully saturated rings. The monoisotopic (exact) mass is 562 g/mol. The molecule has 1 N–H and O–H groups in total. The average Bonchev–Trinajstić information content (AvgIpc) is 3.24. The maximum absolute atomic E-state index is 12.5. The first-order chi connectivity index (χ1) is 13.2. The highest BCUT2D eigenvalue weighted by Crippen LogP contribution is 2.41. The smallest absolute Gasteiger partial charge is 0.251 e. The Labute approximate surface area is 192 Å². The van der Waals surface area contributed by atoms with E-state index in [1.165, 1.54) is 5.56 Å². The predicted molar refractivity (Wildman–Crippen MR) is 124 cm³/mol. The normalized spacial score (nSPS) is 27.4. The summed E-state index contributed by atoms with van der Waals surface area (Å²) in [5, 5.41) is 3.61. The second kappa shape index (κ2) is 9.75. The molecule has 1 amide bonds. The van der Waals surface area contributed by atoms with E-state index in [0.29, 0.717) is 18.6 Å². The van der Waals surface area contributed by atoms with E-state index in [9.17, 15) is 4.79 Å². The first-order valence-corrected chi connectivity index (χ1v) is 10.6. The third-order valence-corrected chi connectivity index (χ3v) is 6.24. The molecule has 3 atom stereocenters. The highest BCUT2D eigenvalue weighted by atomic mass is 127. The molecule has 0 spiro atoms. The second-order valence-electron chi connectivity index (χ2n) is 7.51.